The van der Waals surface area contributed by atoms with E-state index < -0.39 is 0 Å². The van der Waals surface area contributed by atoms with Gasteiger partial charge in [0.05, 0.1) is 42.7 Å². The number of anilines is 1. The molecule has 1 atom stereocenters. The summed E-state index contributed by atoms with van der Waals surface area (Å²) >= 11 is 1.54. The zero-order valence-corrected chi connectivity index (χ0v) is 24.9. The predicted octanol–water partition coefficient (Wildman–Crippen LogP) is 5.19. The number of rotatable bonds is 6. The molecule has 1 saturated heterocycles. The van der Waals surface area contributed by atoms with Crippen molar-refractivity contribution in [3.8, 4) is 22.7 Å². The van der Waals surface area contributed by atoms with E-state index in [0.717, 1.165) is 44.9 Å². The van der Waals surface area contributed by atoms with Crippen LogP contribution in [-0.2, 0) is 14.3 Å². The topological polar surface area (TPSA) is 76.9 Å². The standard InChI is InChI=1S/C33H34N4O4S/c1-22-10-9-14-26(23(22)2)37-33-30(31(34-37)24-11-5-4-6-12-24)32(25-13-7-8-15-27(25)40-3)42-21-29(39)36(33)20-28(38)35-16-18-41-19-17-35/h4-15,32H,16-21H2,1-3H3/t32-/m0/s1. The highest BCUT2D eigenvalue weighted by Crippen LogP contribution is 2.50. The minimum Gasteiger partial charge on any atom is -0.496 e. The zero-order valence-electron chi connectivity index (χ0n) is 24.1. The molecule has 3 heterocycles. The van der Waals surface area contributed by atoms with Gasteiger partial charge in [0.15, 0.2) is 0 Å². The quantitative estimate of drug-likeness (QED) is 0.311. The van der Waals surface area contributed by atoms with Gasteiger partial charge in [-0.25, -0.2) is 4.68 Å². The molecule has 0 unspecified atom stereocenters. The highest BCUT2D eigenvalue weighted by Gasteiger charge is 2.39. The molecule has 3 aromatic carbocycles. The first kappa shape index (κ1) is 28.1. The number of thioether (sulfide) groups is 1. The van der Waals surface area contributed by atoms with Gasteiger partial charge in [0.1, 0.15) is 18.1 Å². The summed E-state index contributed by atoms with van der Waals surface area (Å²) in [5, 5.41) is 4.97. The number of ether oxygens (including phenoxy) is 2. The molecular formula is C33H34N4O4S. The Morgan fingerprint density at radius 3 is 2.50 bits per heavy atom. The summed E-state index contributed by atoms with van der Waals surface area (Å²) in [7, 11) is 1.66. The van der Waals surface area contributed by atoms with E-state index in [-0.39, 0.29) is 29.4 Å². The lowest BCUT2D eigenvalue weighted by Gasteiger charge is -2.30. The summed E-state index contributed by atoms with van der Waals surface area (Å²) in [6, 6.07) is 24.0. The maximum Gasteiger partial charge on any atom is 0.242 e. The first-order chi connectivity index (χ1) is 20.5. The fourth-order valence-electron chi connectivity index (χ4n) is 5.64. The van der Waals surface area contributed by atoms with Crippen LogP contribution in [0.1, 0.15) is 27.5 Å². The van der Waals surface area contributed by atoms with Gasteiger partial charge in [-0.2, -0.15) is 5.10 Å². The average molecular weight is 583 g/mol. The summed E-state index contributed by atoms with van der Waals surface area (Å²) in [6.07, 6.45) is 0. The van der Waals surface area contributed by atoms with Gasteiger partial charge in [-0.1, -0.05) is 60.7 Å². The average Bonchev–Trinajstić information content (AvgIpc) is 3.35. The van der Waals surface area contributed by atoms with Crippen LogP contribution < -0.4 is 9.64 Å². The van der Waals surface area contributed by atoms with Crippen LogP contribution in [0.25, 0.3) is 16.9 Å². The van der Waals surface area contributed by atoms with Crippen LogP contribution in [-0.4, -0.2) is 72.2 Å². The molecule has 0 aliphatic carbocycles. The maximum atomic E-state index is 14.0. The monoisotopic (exact) mass is 582 g/mol. The minimum atomic E-state index is -0.266. The van der Waals surface area contributed by atoms with Crippen LogP contribution >= 0.6 is 11.8 Å². The van der Waals surface area contributed by atoms with E-state index in [1.54, 1.807) is 16.9 Å². The summed E-state index contributed by atoms with van der Waals surface area (Å²) in [4.78, 5) is 31.1. The van der Waals surface area contributed by atoms with E-state index in [2.05, 4.69) is 19.9 Å². The molecule has 1 fully saturated rings. The van der Waals surface area contributed by atoms with E-state index in [4.69, 9.17) is 14.6 Å². The van der Waals surface area contributed by atoms with Gasteiger partial charge in [-0.05, 0) is 37.1 Å². The van der Waals surface area contributed by atoms with Crippen LogP contribution in [0.5, 0.6) is 5.75 Å². The molecule has 8 nitrogen and oxygen atoms in total. The molecule has 4 aromatic rings. The number of methoxy groups -OCH3 is 1. The molecule has 42 heavy (non-hydrogen) atoms. The van der Waals surface area contributed by atoms with Crippen LogP contribution in [0.3, 0.4) is 0 Å². The van der Waals surface area contributed by atoms with E-state index in [9.17, 15) is 9.59 Å². The lowest BCUT2D eigenvalue weighted by atomic mass is 9.98. The number of morpholine rings is 1. The van der Waals surface area contributed by atoms with Crippen molar-refractivity contribution in [2.24, 2.45) is 0 Å². The van der Waals surface area contributed by atoms with Crippen molar-refractivity contribution in [1.82, 2.24) is 14.7 Å². The molecule has 2 amide bonds. The van der Waals surface area contributed by atoms with Crippen molar-refractivity contribution >= 4 is 29.4 Å². The lowest BCUT2D eigenvalue weighted by molar-refractivity contribution is -0.134. The molecule has 9 heteroatoms. The third-order valence-corrected chi connectivity index (χ3v) is 9.26. The molecule has 2 aliphatic rings. The fourth-order valence-corrected chi connectivity index (χ4v) is 6.86. The zero-order chi connectivity index (χ0) is 29.2. The number of hydrogen-bond acceptors (Lipinski definition) is 6. The highest BCUT2D eigenvalue weighted by atomic mass is 32.2. The first-order valence-electron chi connectivity index (χ1n) is 14.1. The second kappa shape index (κ2) is 12.0. The number of fused-ring (bicyclic) bond motifs is 1. The van der Waals surface area contributed by atoms with Gasteiger partial charge in [-0.3, -0.25) is 14.5 Å². The lowest BCUT2D eigenvalue weighted by Crippen LogP contribution is -2.48. The molecule has 6 rings (SSSR count). The number of hydrogen-bond donors (Lipinski definition) is 0. The van der Waals surface area contributed by atoms with Gasteiger partial charge >= 0.3 is 0 Å². The summed E-state index contributed by atoms with van der Waals surface area (Å²) in [5.74, 6) is 1.33. The largest absolute Gasteiger partial charge is 0.496 e. The summed E-state index contributed by atoms with van der Waals surface area (Å²) < 4.78 is 13.2. The third kappa shape index (κ3) is 5.18. The van der Waals surface area contributed by atoms with E-state index in [1.165, 1.54) is 11.8 Å². The van der Waals surface area contributed by atoms with Gasteiger partial charge < -0.3 is 14.4 Å². The fraction of sp³-hybridized carbons (Fsp3) is 0.303. The number of aromatic nitrogens is 2. The number of nitrogens with zero attached hydrogens (tertiary/aromatic N) is 4. The summed E-state index contributed by atoms with van der Waals surface area (Å²) in [6.45, 7) is 6.07. The van der Waals surface area contributed by atoms with Crippen molar-refractivity contribution in [2.75, 3.05) is 50.6 Å². The number of benzene rings is 3. The van der Waals surface area contributed by atoms with Crippen LogP contribution in [0, 0.1) is 13.8 Å². The number of aryl methyl sites for hydroxylation is 1. The number of carbonyl (C=O) groups excluding carboxylic acids is 2. The Labute approximate surface area is 250 Å². The van der Waals surface area contributed by atoms with Gasteiger partial charge in [0, 0.05) is 29.8 Å². The van der Waals surface area contributed by atoms with Crippen LogP contribution in [0.4, 0.5) is 5.82 Å². The molecule has 0 bridgehead atoms. The maximum absolute atomic E-state index is 14.0. The molecule has 0 spiro atoms. The Hall–Kier alpha value is -4.08. The van der Waals surface area contributed by atoms with Crippen LogP contribution in [0.15, 0.2) is 72.8 Å². The molecule has 2 aliphatic heterocycles. The molecule has 1 aromatic heterocycles. The van der Waals surface area contributed by atoms with Crippen molar-refractivity contribution in [3.63, 3.8) is 0 Å². The number of para-hydroxylation sites is 1. The Balaban J connectivity index is 1.63. The Kier molecular flexibility index (Phi) is 8.04. The smallest absolute Gasteiger partial charge is 0.242 e. The normalized spacial score (nSPS) is 17.1. The second-order valence-corrected chi connectivity index (χ2v) is 11.6. The van der Waals surface area contributed by atoms with E-state index >= 15 is 0 Å². The molecular weight excluding hydrogens is 548 g/mol. The van der Waals surface area contributed by atoms with E-state index in [0.29, 0.717) is 32.1 Å². The van der Waals surface area contributed by atoms with Crippen molar-refractivity contribution < 1.29 is 19.1 Å². The highest BCUT2D eigenvalue weighted by molar-refractivity contribution is 8.00. The van der Waals surface area contributed by atoms with Gasteiger partial charge in [0.2, 0.25) is 11.8 Å². The minimum absolute atomic E-state index is 0.0736. The molecule has 216 valence electrons. The van der Waals surface area contributed by atoms with E-state index in [1.807, 2.05) is 71.4 Å². The van der Waals surface area contributed by atoms with Gasteiger partial charge in [0.25, 0.3) is 0 Å². The predicted molar refractivity (Wildman–Crippen MR) is 166 cm³/mol. The van der Waals surface area contributed by atoms with Gasteiger partial charge in [-0.15, -0.1) is 11.8 Å². The van der Waals surface area contributed by atoms with Crippen molar-refractivity contribution in [2.45, 2.75) is 19.1 Å². The summed E-state index contributed by atoms with van der Waals surface area (Å²) in [5.41, 5.74) is 6.59. The number of carbonyl (C=O) groups is 2. The SMILES string of the molecule is COc1ccccc1[C@@H]1SCC(=O)N(CC(=O)N2CCOCC2)c2c1c(-c1ccccc1)nn2-c1cccc(C)c1C. The van der Waals surface area contributed by atoms with Crippen molar-refractivity contribution in [1.29, 1.82) is 0 Å². The molecule has 0 saturated carbocycles. The Morgan fingerprint density at radius 2 is 1.74 bits per heavy atom. The first-order valence-corrected chi connectivity index (χ1v) is 15.2. The van der Waals surface area contributed by atoms with Crippen molar-refractivity contribution in [3.05, 3.63) is 95.1 Å². The Morgan fingerprint density at radius 1 is 1.00 bits per heavy atom. The number of amides is 2. The third-order valence-electron chi connectivity index (χ3n) is 8.02. The second-order valence-electron chi connectivity index (χ2n) is 10.5. The Bertz CT molecular complexity index is 1610. The van der Waals surface area contributed by atoms with Crippen LogP contribution in [0.2, 0.25) is 0 Å². The molecule has 0 radical (unpaired) electrons. The molecule has 0 N–H and O–H groups in total.